The first-order chi connectivity index (χ1) is 15.5. The Morgan fingerprint density at radius 2 is 1.72 bits per heavy atom. The van der Waals surface area contributed by atoms with Crippen molar-refractivity contribution in [2.24, 2.45) is 0 Å². The van der Waals surface area contributed by atoms with Gasteiger partial charge in [0.25, 0.3) is 11.7 Å². The van der Waals surface area contributed by atoms with Crippen molar-refractivity contribution in [3.63, 3.8) is 0 Å². The maximum Gasteiger partial charge on any atom is 0.296 e. The Bertz CT molecular complexity index is 1180. The molecule has 0 bridgehead atoms. The molecular formula is C24H20FNO6. The van der Waals surface area contributed by atoms with Gasteiger partial charge in [0.15, 0.2) is 0 Å². The number of hydrogen-bond donors (Lipinski definition) is 1. The van der Waals surface area contributed by atoms with E-state index in [1.807, 2.05) is 0 Å². The van der Waals surface area contributed by atoms with Crippen LogP contribution in [0.25, 0.3) is 5.76 Å². The van der Waals surface area contributed by atoms with Crippen molar-refractivity contribution < 1.29 is 33.0 Å². The number of furan rings is 1. The maximum absolute atomic E-state index is 14.9. The minimum Gasteiger partial charge on any atom is -0.506 e. The Morgan fingerprint density at radius 3 is 2.31 bits per heavy atom. The maximum atomic E-state index is 14.9. The van der Waals surface area contributed by atoms with Crippen molar-refractivity contribution >= 4 is 17.4 Å². The van der Waals surface area contributed by atoms with Gasteiger partial charge in [-0.3, -0.25) is 9.59 Å². The second-order valence-corrected chi connectivity index (χ2v) is 7.07. The number of ether oxygens (including phenoxy) is 2. The van der Waals surface area contributed by atoms with Gasteiger partial charge in [0.1, 0.15) is 34.4 Å². The fraction of sp³-hybridized carbons (Fsp3) is 0.167. The number of carbonyl (C=O) groups is 2. The number of amides is 1. The van der Waals surface area contributed by atoms with Crippen molar-refractivity contribution in [3.8, 4) is 11.5 Å². The van der Waals surface area contributed by atoms with Crippen LogP contribution in [0, 0.1) is 5.82 Å². The normalized spacial score (nSPS) is 17.6. The molecule has 0 saturated carbocycles. The van der Waals surface area contributed by atoms with Crippen molar-refractivity contribution in [1.29, 1.82) is 0 Å². The minimum atomic E-state index is -1.18. The van der Waals surface area contributed by atoms with Gasteiger partial charge in [-0.15, -0.1) is 0 Å². The molecule has 1 saturated heterocycles. The number of hydrogen-bond acceptors (Lipinski definition) is 6. The molecule has 7 nitrogen and oxygen atoms in total. The van der Waals surface area contributed by atoms with Gasteiger partial charge < -0.3 is 23.9 Å². The van der Waals surface area contributed by atoms with E-state index in [1.54, 1.807) is 36.4 Å². The lowest BCUT2D eigenvalue weighted by molar-refractivity contribution is -0.140. The molecule has 0 aliphatic carbocycles. The second kappa shape index (κ2) is 8.58. The molecule has 0 radical (unpaired) electrons. The Hall–Kier alpha value is -4.07. The van der Waals surface area contributed by atoms with Gasteiger partial charge in [-0.25, -0.2) is 4.39 Å². The lowest BCUT2D eigenvalue weighted by Crippen LogP contribution is -2.29. The number of ketones is 1. The number of nitrogens with zero attached hydrogens (tertiary/aromatic N) is 1. The van der Waals surface area contributed by atoms with Gasteiger partial charge in [0.2, 0.25) is 0 Å². The first-order valence-corrected chi connectivity index (χ1v) is 9.74. The standard InChI is InChI=1S/C24H20FNO6/c1-30-17-10-5-11-18(31-2)19(17)22(27)20-21(15-8-3-4-9-16(15)25)26(24(29)23(20)28)13-14-7-6-12-32-14/h3-12,21,27H,13H2,1-2H3/b22-20+. The zero-order chi connectivity index (χ0) is 22.8. The molecule has 1 unspecified atom stereocenters. The van der Waals surface area contributed by atoms with Crippen LogP contribution >= 0.6 is 0 Å². The van der Waals surface area contributed by atoms with Crippen LogP contribution < -0.4 is 9.47 Å². The van der Waals surface area contributed by atoms with Crippen LogP contribution in [0.5, 0.6) is 11.5 Å². The summed E-state index contributed by atoms with van der Waals surface area (Å²) in [7, 11) is 2.80. The van der Waals surface area contributed by atoms with Crippen molar-refractivity contribution in [2.75, 3.05) is 14.2 Å². The Morgan fingerprint density at radius 1 is 1.03 bits per heavy atom. The lowest BCUT2D eigenvalue weighted by Gasteiger charge is -2.25. The molecule has 8 heteroatoms. The molecule has 2 heterocycles. The molecule has 1 aromatic heterocycles. The van der Waals surface area contributed by atoms with Crippen LogP contribution in [0.2, 0.25) is 0 Å². The summed E-state index contributed by atoms with van der Waals surface area (Å²) >= 11 is 0. The highest BCUT2D eigenvalue weighted by Crippen LogP contribution is 2.44. The number of likely N-dealkylation sites (tertiary alicyclic amines) is 1. The van der Waals surface area contributed by atoms with Crippen LogP contribution in [-0.4, -0.2) is 35.9 Å². The Balaban J connectivity index is 1.96. The van der Waals surface area contributed by atoms with Crippen molar-refractivity contribution in [1.82, 2.24) is 4.90 Å². The summed E-state index contributed by atoms with van der Waals surface area (Å²) in [5.41, 5.74) is -0.113. The molecule has 1 N–H and O–H groups in total. The van der Waals surface area contributed by atoms with Crippen LogP contribution in [0.1, 0.15) is 22.9 Å². The van der Waals surface area contributed by atoms with E-state index in [2.05, 4.69) is 0 Å². The number of rotatable bonds is 6. The number of aliphatic hydroxyl groups is 1. The van der Waals surface area contributed by atoms with Crippen LogP contribution in [0.4, 0.5) is 4.39 Å². The first kappa shape index (κ1) is 21.2. The summed E-state index contributed by atoms with van der Waals surface area (Å²) in [5.74, 6) is -2.12. The molecule has 1 amide bonds. The van der Waals surface area contributed by atoms with Gasteiger partial charge >= 0.3 is 0 Å². The number of methoxy groups -OCH3 is 2. The highest BCUT2D eigenvalue weighted by atomic mass is 19.1. The van der Waals surface area contributed by atoms with Gasteiger partial charge in [-0.2, -0.15) is 0 Å². The largest absolute Gasteiger partial charge is 0.506 e. The number of halogens is 1. The summed E-state index contributed by atoms with van der Waals surface area (Å²) in [4.78, 5) is 27.3. The van der Waals surface area contributed by atoms with E-state index >= 15 is 0 Å². The van der Waals surface area contributed by atoms with E-state index in [0.29, 0.717) is 5.76 Å². The van der Waals surface area contributed by atoms with Crippen LogP contribution in [0.3, 0.4) is 0 Å². The average molecular weight is 437 g/mol. The zero-order valence-electron chi connectivity index (χ0n) is 17.4. The molecule has 1 aliphatic heterocycles. The number of benzene rings is 2. The zero-order valence-corrected chi connectivity index (χ0v) is 17.4. The van der Waals surface area contributed by atoms with Gasteiger partial charge in [-0.05, 0) is 30.3 Å². The van der Waals surface area contributed by atoms with Gasteiger partial charge in [-0.1, -0.05) is 24.3 Å². The van der Waals surface area contributed by atoms with E-state index in [1.165, 1.54) is 43.6 Å². The van der Waals surface area contributed by atoms with E-state index < -0.39 is 29.3 Å². The number of Topliss-reactive ketones (excluding diaryl/α,β-unsaturated/α-hetero) is 1. The highest BCUT2D eigenvalue weighted by Gasteiger charge is 2.47. The van der Waals surface area contributed by atoms with Crippen molar-refractivity contribution in [3.05, 3.63) is 89.1 Å². The highest BCUT2D eigenvalue weighted by molar-refractivity contribution is 6.46. The molecule has 0 spiro atoms. The fourth-order valence-electron chi connectivity index (χ4n) is 3.85. The van der Waals surface area contributed by atoms with Crippen LogP contribution in [0.15, 0.2) is 70.9 Å². The smallest absolute Gasteiger partial charge is 0.296 e. The topological polar surface area (TPSA) is 89.2 Å². The summed E-state index contributed by atoms with van der Waals surface area (Å²) in [6.07, 6.45) is 1.43. The molecule has 32 heavy (non-hydrogen) atoms. The van der Waals surface area contributed by atoms with E-state index in [0.717, 1.165) is 0 Å². The summed E-state index contributed by atoms with van der Waals surface area (Å²) in [6.45, 7) is -0.0869. The van der Waals surface area contributed by atoms with E-state index in [9.17, 15) is 19.1 Å². The molecule has 1 fully saturated rings. The summed E-state index contributed by atoms with van der Waals surface area (Å²) < 4.78 is 30.8. The molecule has 164 valence electrons. The molecule has 1 aliphatic rings. The fourth-order valence-corrected chi connectivity index (χ4v) is 3.85. The molecule has 3 aromatic rings. The minimum absolute atomic E-state index is 0.0636. The first-order valence-electron chi connectivity index (χ1n) is 9.74. The lowest BCUT2D eigenvalue weighted by atomic mass is 9.94. The molecule has 4 rings (SSSR count). The predicted octanol–water partition coefficient (Wildman–Crippen LogP) is 4.06. The average Bonchev–Trinajstić information content (AvgIpc) is 3.41. The molecular weight excluding hydrogens is 417 g/mol. The van der Waals surface area contributed by atoms with E-state index in [-0.39, 0.29) is 34.7 Å². The molecule has 1 atom stereocenters. The number of aliphatic hydroxyl groups excluding tert-OH is 1. The third-order valence-electron chi connectivity index (χ3n) is 5.31. The monoisotopic (exact) mass is 437 g/mol. The van der Waals surface area contributed by atoms with Crippen molar-refractivity contribution in [2.45, 2.75) is 12.6 Å². The SMILES string of the molecule is COc1cccc(OC)c1/C(O)=C1\C(=O)C(=O)N(Cc2ccco2)C1c1ccccc1F. The Labute approximate surface area is 183 Å². The predicted molar refractivity (Wildman–Crippen MR) is 113 cm³/mol. The van der Waals surface area contributed by atoms with Gasteiger partial charge in [0, 0.05) is 5.56 Å². The third-order valence-corrected chi connectivity index (χ3v) is 5.31. The Kier molecular flexibility index (Phi) is 5.68. The van der Waals surface area contributed by atoms with Crippen LogP contribution in [-0.2, 0) is 16.1 Å². The summed E-state index contributed by atoms with van der Waals surface area (Å²) in [6, 6.07) is 12.7. The third kappa shape index (κ3) is 3.49. The van der Waals surface area contributed by atoms with E-state index in [4.69, 9.17) is 13.9 Å². The number of carbonyl (C=O) groups excluding carboxylic acids is 2. The quantitative estimate of drug-likeness (QED) is 0.355. The molecule has 2 aromatic carbocycles. The second-order valence-electron chi connectivity index (χ2n) is 7.07. The van der Waals surface area contributed by atoms with Gasteiger partial charge in [0.05, 0.1) is 38.6 Å². The summed E-state index contributed by atoms with van der Waals surface area (Å²) in [5, 5.41) is 11.3.